The number of hydrogen-bond acceptors (Lipinski definition) is 19. The Kier molecular flexibility index (Phi) is 32.7. The van der Waals surface area contributed by atoms with Gasteiger partial charge in [0.05, 0.1) is 117 Å². The summed E-state index contributed by atoms with van der Waals surface area (Å²) in [6.07, 6.45) is 4.61. The molecule has 0 saturated carbocycles. The van der Waals surface area contributed by atoms with Crippen molar-refractivity contribution < 1.29 is 83.5 Å². The van der Waals surface area contributed by atoms with E-state index >= 15 is 0 Å². The summed E-state index contributed by atoms with van der Waals surface area (Å²) in [6.45, 7) is 7.62. The highest BCUT2D eigenvalue weighted by Gasteiger charge is 2.28. The van der Waals surface area contributed by atoms with Gasteiger partial charge in [-0.05, 0) is 55.1 Å². The van der Waals surface area contributed by atoms with Gasteiger partial charge in [-0.1, -0.05) is 76.8 Å². The van der Waals surface area contributed by atoms with Crippen LogP contribution in [0.25, 0.3) is 0 Å². The number of aliphatic hydroxyl groups excluding tert-OH is 8. The Bertz CT molecular complexity index is 1450. The summed E-state index contributed by atoms with van der Waals surface area (Å²) >= 11 is 0. The van der Waals surface area contributed by atoms with Gasteiger partial charge in [-0.2, -0.15) is 0 Å². The number of hydrogen-bond donors (Lipinski definition) is 8. The number of aliphatic hydroxyl groups is 8. The van der Waals surface area contributed by atoms with Crippen LogP contribution in [-0.4, -0.2) is 204 Å². The average Bonchev–Trinajstić information content (AvgIpc) is 3.78. The van der Waals surface area contributed by atoms with E-state index in [1.165, 1.54) is 0 Å². The lowest BCUT2D eigenvalue weighted by atomic mass is 9.70. The fourth-order valence-corrected chi connectivity index (χ4v) is 7.42. The molecular weight excluding hydrogens is 891 g/mol. The molecule has 1 aromatic carbocycles. The van der Waals surface area contributed by atoms with Gasteiger partial charge >= 0.3 is 5.97 Å². The van der Waals surface area contributed by atoms with Crippen LogP contribution < -0.4 is 0 Å². The molecule has 20 heteroatoms. The highest BCUT2D eigenvalue weighted by atomic mass is 16.6. The van der Waals surface area contributed by atoms with E-state index < -0.39 is 69.2 Å². The molecule has 394 valence electrons. The normalized spacial score (nSPS) is 15.5. The molecule has 0 aliphatic carbocycles. The zero-order valence-electron chi connectivity index (χ0n) is 41.0. The van der Waals surface area contributed by atoms with Crippen LogP contribution in [0.2, 0.25) is 0 Å². The number of benzene rings is 1. The molecule has 0 bridgehead atoms. The van der Waals surface area contributed by atoms with E-state index in [4.69, 9.17) is 37.9 Å². The van der Waals surface area contributed by atoms with Gasteiger partial charge in [0.1, 0.15) is 48.4 Å². The number of carbonyl (C=O) groups excluding carboxylic acids is 1. The first-order valence-corrected chi connectivity index (χ1v) is 24.0. The van der Waals surface area contributed by atoms with Crippen LogP contribution in [0.15, 0.2) is 36.5 Å². The number of aryl methyl sites for hydroxylation is 1. The maximum absolute atomic E-state index is 12.2. The molecule has 0 spiro atoms. The number of aromatic nitrogens is 3. The summed E-state index contributed by atoms with van der Waals surface area (Å²) in [5, 5.41) is 84.4. The molecule has 0 saturated heterocycles. The first kappa shape index (κ1) is 61.3. The summed E-state index contributed by atoms with van der Waals surface area (Å²) in [5.74, 6) is -0.272. The lowest BCUT2D eigenvalue weighted by Gasteiger charge is -2.35. The second-order valence-corrected chi connectivity index (χ2v) is 18.9. The fraction of sp³-hybridized carbons (Fsp3) is 0.812. The predicted molar refractivity (Wildman–Crippen MR) is 250 cm³/mol. The largest absolute Gasteiger partial charge is 0.462 e. The van der Waals surface area contributed by atoms with E-state index in [2.05, 4.69) is 38.0 Å². The van der Waals surface area contributed by atoms with Gasteiger partial charge in [-0.15, -0.1) is 5.10 Å². The van der Waals surface area contributed by atoms with Gasteiger partial charge in [-0.3, -0.25) is 4.68 Å². The summed E-state index contributed by atoms with van der Waals surface area (Å²) < 4.78 is 47.7. The van der Waals surface area contributed by atoms with E-state index in [-0.39, 0.29) is 89.5 Å². The van der Waals surface area contributed by atoms with Crippen molar-refractivity contribution in [2.75, 3.05) is 99.1 Å². The molecule has 68 heavy (non-hydrogen) atoms. The number of esters is 1. The van der Waals surface area contributed by atoms with Crippen molar-refractivity contribution in [2.24, 2.45) is 10.8 Å². The van der Waals surface area contributed by atoms with Crippen molar-refractivity contribution in [1.82, 2.24) is 15.0 Å². The molecule has 0 fully saturated rings. The molecule has 2 rings (SSSR count). The minimum atomic E-state index is -1.10. The van der Waals surface area contributed by atoms with E-state index in [0.717, 1.165) is 57.8 Å². The highest BCUT2D eigenvalue weighted by molar-refractivity contribution is 5.89. The van der Waals surface area contributed by atoms with E-state index in [1.54, 1.807) is 16.8 Å². The van der Waals surface area contributed by atoms with Gasteiger partial charge in [0.25, 0.3) is 0 Å². The molecule has 8 N–H and O–H groups in total. The molecule has 0 amide bonds. The van der Waals surface area contributed by atoms with Crippen LogP contribution >= 0.6 is 0 Å². The molecular formula is C48H85N3O17. The predicted octanol–water partition coefficient (Wildman–Crippen LogP) is 1.83. The Labute approximate surface area is 402 Å². The lowest BCUT2D eigenvalue weighted by Crippen LogP contribution is -2.37. The van der Waals surface area contributed by atoms with Gasteiger partial charge in [0.15, 0.2) is 0 Å². The van der Waals surface area contributed by atoms with Gasteiger partial charge in [0, 0.05) is 6.54 Å². The molecule has 1 aromatic heterocycles. The summed E-state index contributed by atoms with van der Waals surface area (Å²) in [7, 11) is 0. The average molecular weight is 976 g/mol. The number of ether oxygens (including phenoxy) is 8. The van der Waals surface area contributed by atoms with Crippen LogP contribution in [0.1, 0.15) is 102 Å². The molecule has 0 radical (unpaired) electrons. The van der Waals surface area contributed by atoms with Crippen molar-refractivity contribution in [1.29, 1.82) is 0 Å². The standard InChI is InChI=1S/C48H85N3O17/c1-47(2,36-48(3,4)17-11-7-13-19-65-46(60)37-14-8-5-9-15-37)16-10-6-12-18-51-20-38(49-50-51)25-66-45(34-67-43(30-61-26-39(56)21-52)31-62-27-40(57)22-53)35-68-44(32-63-28-41(58)23-54)33-64-29-42(59)24-55/h5,8-9,14-15,20,39-45,52-59H,6-7,10-13,16-19,21-36H2,1-4H3. The zero-order valence-corrected chi connectivity index (χ0v) is 41.0. The Morgan fingerprint density at radius 2 is 1.01 bits per heavy atom. The Balaban J connectivity index is 1.92. The second kappa shape index (κ2) is 36.2. The summed E-state index contributed by atoms with van der Waals surface area (Å²) in [4.78, 5) is 12.2. The topological polar surface area (TPSA) is 283 Å². The minimum absolute atomic E-state index is 0.0488. The van der Waals surface area contributed by atoms with Crippen LogP contribution in [0.3, 0.4) is 0 Å². The minimum Gasteiger partial charge on any atom is -0.462 e. The number of rotatable bonds is 44. The van der Waals surface area contributed by atoms with E-state index in [9.17, 15) is 45.6 Å². The molecule has 2 aromatic rings. The molecule has 4 unspecified atom stereocenters. The van der Waals surface area contributed by atoms with Crippen molar-refractivity contribution in [3.8, 4) is 0 Å². The van der Waals surface area contributed by atoms with Gasteiger partial charge < -0.3 is 78.7 Å². The number of unbranched alkanes of at least 4 members (excludes halogenated alkanes) is 4. The maximum atomic E-state index is 12.2. The monoisotopic (exact) mass is 976 g/mol. The first-order chi connectivity index (χ1) is 32.6. The second-order valence-electron chi connectivity index (χ2n) is 18.9. The van der Waals surface area contributed by atoms with Crippen molar-refractivity contribution >= 4 is 5.97 Å². The smallest absolute Gasteiger partial charge is 0.338 e. The third kappa shape index (κ3) is 30.1. The molecule has 0 aliphatic heterocycles. The number of carbonyl (C=O) groups is 1. The molecule has 4 atom stereocenters. The van der Waals surface area contributed by atoms with Crippen LogP contribution in [-0.2, 0) is 51.0 Å². The van der Waals surface area contributed by atoms with Crippen molar-refractivity contribution in [3.63, 3.8) is 0 Å². The zero-order chi connectivity index (χ0) is 50.0. The lowest BCUT2D eigenvalue weighted by molar-refractivity contribution is -0.141. The van der Waals surface area contributed by atoms with Crippen molar-refractivity contribution in [2.45, 2.75) is 141 Å². The quantitative estimate of drug-likeness (QED) is 0.0347. The van der Waals surface area contributed by atoms with Crippen LogP contribution in [0.4, 0.5) is 0 Å². The van der Waals surface area contributed by atoms with Crippen molar-refractivity contribution in [3.05, 3.63) is 47.8 Å². The maximum Gasteiger partial charge on any atom is 0.338 e. The fourth-order valence-electron chi connectivity index (χ4n) is 7.42. The van der Waals surface area contributed by atoms with Crippen LogP contribution in [0, 0.1) is 10.8 Å². The molecule has 20 nitrogen and oxygen atoms in total. The van der Waals surface area contributed by atoms with Gasteiger partial charge in [-0.25, -0.2) is 4.79 Å². The van der Waals surface area contributed by atoms with Crippen LogP contribution in [0.5, 0.6) is 0 Å². The van der Waals surface area contributed by atoms with E-state index in [0.29, 0.717) is 24.4 Å². The number of nitrogens with zero attached hydrogens (tertiary/aromatic N) is 3. The Hall–Kier alpha value is -2.77. The van der Waals surface area contributed by atoms with E-state index in [1.807, 2.05) is 24.4 Å². The van der Waals surface area contributed by atoms with Gasteiger partial charge in [0.2, 0.25) is 0 Å². The SMILES string of the molecule is CC(C)(CCCCCOC(=O)c1ccccc1)CC(C)(C)CCCCCn1cc(COC(COC(COCC(O)CO)COCC(O)CO)COC(COCC(O)CO)COCC(O)CO)nn1. The Morgan fingerprint density at radius 3 is 1.47 bits per heavy atom. The third-order valence-corrected chi connectivity index (χ3v) is 10.8. The molecule has 0 aliphatic rings. The summed E-state index contributed by atoms with van der Waals surface area (Å²) in [6, 6.07) is 9.07. The summed E-state index contributed by atoms with van der Waals surface area (Å²) in [5.41, 5.74) is 1.54. The highest BCUT2D eigenvalue weighted by Crippen LogP contribution is 2.40. The first-order valence-electron chi connectivity index (χ1n) is 24.0. The third-order valence-electron chi connectivity index (χ3n) is 10.8. The molecule has 1 heterocycles. The Morgan fingerprint density at radius 1 is 0.574 bits per heavy atom.